The largest absolute Gasteiger partial charge is 0.494 e. The summed E-state index contributed by atoms with van der Waals surface area (Å²) in [6.07, 6.45) is 3.52. The van der Waals surface area contributed by atoms with Crippen molar-refractivity contribution in [1.82, 2.24) is 5.32 Å². The molecule has 1 rings (SSSR count). The van der Waals surface area contributed by atoms with E-state index in [0.29, 0.717) is 6.04 Å². The van der Waals surface area contributed by atoms with Crippen molar-refractivity contribution in [1.29, 1.82) is 0 Å². The topological polar surface area (TPSA) is 21.3 Å². The molecule has 2 heteroatoms. The van der Waals surface area contributed by atoms with Gasteiger partial charge in [-0.15, -0.1) is 0 Å². The predicted octanol–water partition coefficient (Wildman–Crippen LogP) is 3.93. The Balaban J connectivity index is 2.51. The highest BCUT2D eigenvalue weighted by molar-refractivity contribution is 5.30. The fourth-order valence-corrected chi connectivity index (χ4v) is 1.71. The van der Waals surface area contributed by atoms with E-state index in [4.69, 9.17) is 4.74 Å². The van der Waals surface area contributed by atoms with Gasteiger partial charge in [-0.1, -0.05) is 32.4 Å². The first-order valence-electron chi connectivity index (χ1n) is 6.74. The minimum atomic E-state index is 0.395. The number of nitrogens with one attached hydrogen (secondary N) is 1. The van der Waals surface area contributed by atoms with Crippen LogP contribution in [0.15, 0.2) is 24.3 Å². The molecule has 1 aromatic carbocycles. The Labute approximate surface area is 105 Å². The normalized spacial score (nSPS) is 12.4. The van der Waals surface area contributed by atoms with E-state index in [1.54, 1.807) is 0 Å². The molecule has 0 bridgehead atoms. The van der Waals surface area contributed by atoms with Gasteiger partial charge in [0.25, 0.3) is 0 Å². The average molecular weight is 235 g/mol. The van der Waals surface area contributed by atoms with E-state index in [0.717, 1.165) is 25.3 Å². The van der Waals surface area contributed by atoms with Crippen LogP contribution in [0.25, 0.3) is 0 Å². The zero-order valence-corrected chi connectivity index (χ0v) is 11.3. The molecule has 0 spiro atoms. The molecular weight excluding hydrogens is 210 g/mol. The molecule has 0 aliphatic rings. The molecule has 0 radical (unpaired) electrons. The molecule has 96 valence electrons. The van der Waals surface area contributed by atoms with Crippen molar-refractivity contribution in [3.63, 3.8) is 0 Å². The lowest BCUT2D eigenvalue weighted by atomic mass is 10.1. The Hall–Kier alpha value is -1.02. The summed E-state index contributed by atoms with van der Waals surface area (Å²) in [5.41, 5.74) is 1.30. The minimum Gasteiger partial charge on any atom is -0.494 e. The first kappa shape index (κ1) is 14.0. The van der Waals surface area contributed by atoms with E-state index in [1.807, 2.05) is 6.07 Å². The van der Waals surface area contributed by atoms with Gasteiger partial charge in [0.15, 0.2) is 0 Å². The molecule has 0 heterocycles. The molecule has 0 fully saturated rings. The van der Waals surface area contributed by atoms with Crippen molar-refractivity contribution in [3.8, 4) is 5.75 Å². The molecule has 1 unspecified atom stereocenters. The van der Waals surface area contributed by atoms with Gasteiger partial charge >= 0.3 is 0 Å². The summed E-state index contributed by atoms with van der Waals surface area (Å²) >= 11 is 0. The monoisotopic (exact) mass is 235 g/mol. The van der Waals surface area contributed by atoms with Gasteiger partial charge in [0.05, 0.1) is 6.61 Å². The second-order valence-electron chi connectivity index (χ2n) is 4.45. The summed E-state index contributed by atoms with van der Waals surface area (Å²) in [6.45, 7) is 8.41. The van der Waals surface area contributed by atoms with E-state index in [2.05, 4.69) is 44.3 Å². The maximum Gasteiger partial charge on any atom is 0.119 e. The fourth-order valence-electron chi connectivity index (χ4n) is 1.71. The number of benzene rings is 1. The molecule has 17 heavy (non-hydrogen) atoms. The van der Waals surface area contributed by atoms with Gasteiger partial charge < -0.3 is 10.1 Å². The molecule has 0 aliphatic carbocycles. The zero-order valence-electron chi connectivity index (χ0n) is 11.3. The molecular formula is C15H25NO. The average Bonchev–Trinajstić information content (AvgIpc) is 2.37. The van der Waals surface area contributed by atoms with Crippen molar-refractivity contribution in [3.05, 3.63) is 29.8 Å². The Morgan fingerprint density at radius 2 is 2.06 bits per heavy atom. The standard InChI is InChI=1S/C15H25NO/c1-4-6-10-16-13(3)14-8-7-9-15(12-14)17-11-5-2/h7-9,12-13,16H,4-6,10-11H2,1-3H3. The molecule has 1 aromatic rings. The van der Waals surface area contributed by atoms with Crippen LogP contribution in [-0.4, -0.2) is 13.2 Å². The summed E-state index contributed by atoms with van der Waals surface area (Å²) in [4.78, 5) is 0. The summed E-state index contributed by atoms with van der Waals surface area (Å²) in [5, 5.41) is 3.53. The van der Waals surface area contributed by atoms with Crippen LogP contribution < -0.4 is 10.1 Å². The highest BCUT2D eigenvalue weighted by Crippen LogP contribution is 2.19. The maximum atomic E-state index is 5.64. The van der Waals surface area contributed by atoms with Gasteiger partial charge in [0, 0.05) is 6.04 Å². The van der Waals surface area contributed by atoms with Crippen LogP contribution in [0, 0.1) is 0 Å². The lowest BCUT2D eigenvalue weighted by Gasteiger charge is -2.15. The number of rotatable bonds is 8. The Kier molecular flexibility index (Phi) is 6.71. The molecule has 2 nitrogen and oxygen atoms in total. The third-order valence-electron chi connectivity index (χ3n) is 2.81. The second kappa shape index (κ2) is 8.13. The van der Waals surface area contributed by atoms with E-state index in [9.17, 15) is 0 Å². The van der Waals surface area contributed by atoms with Crippen LogP contribution in [-0.2, 0) is 0 Å². The first-order chi connectivity index (χ1) is 8.27. The van der Waals surface area contributed by atoms with E-state index in [1.165, 1.54) is 18.4 Å². The SMILES string of the molecule is CCCCNC(C)c1cccc(OCCC)c1. The van der Waals surface area contributed by atoms with Crippen molar-refractivity contribution in [2.24, 2.45) is 0 Å². The van der Waals surface area contributed by atoms with E-state index < -0.39 is 0 Å². The van der Waals surface area contributed by atoms with E-state index in [-0.39, 0.29) is 0 Å². The third kappa shape index (κ3) is 5.22. The first-order valence-corrected chi connectivity index (χ1v) is 6.74. The van der Waals surface area contributed by atoms with Gasteiger partial charge in [-0.05, 0) is 44.0 Å². The Morgan fingerprint density at radius 3 is 2.76 bits per heavy atom. The van der Waals surface area contributed by atoms with Gasteiger partial charge in [-0.2, -0.15) is 0 Å². The Morgan fingerprint density at radius 1 is 1.24 bits per heavy atom. The number of unbranched alkanes of at least 4 members (excludes halogenated alkanes) is 1. The van der Waals surface area contributed by atoms with Crippen molar-refractivity contribution < 1.29 is 4.74 Å². The van der Waals surface area contributed by atoms with Crippen molar-refractivity contribution >= 4 is 0 Å². The molecule has 1 N–H and O–H groups in total. The number of ether oxygens (including phenoxy) is 1. The van der Waals surface area contributed by atoms with Gasteiger partial charge in [0.1, 0.15) is 5.75 Å². The van der Waals surface area contributed by atoms with Crippen LogP contribution in [0.3, 0.4) is 0 Å². The highest BCUT2D eigenvalue weighted by Gasteiger charge is 2.05. The zero-order chi connectivity index (χ0) is 12.5. The van der Waals surface area contributed by atoms with Gasteiger partial charge in [-0.25, -0.2) is 0 Å². The lowest BCUT2D eigenvalue weighted by molar-refractivity contribution is 0.317. The molecule has 0 amide bonds. The molecule has 0 aromatic heterocycles. The van der Waals surface area contributed by atoms with Crippen LogP contribution in [0.5, 0.6) is 5.75 Å². The molecule has 0 aliphatic heterocycles. The maximum absolute atomic E-state index is 5.64. The summed E-state index contributed by atoms with van der Waals surface area (Å²) in [6, 6.07) is 8.78. The Bertz CT molecular complexity index is 312. The third-order valence-corrected chi connectivity index (χ3v) is 2.81. The summed E-state index contributed by atoms with van der Waals surface area (Å²) in [7, 11) is 0. The smallest absolute Gasteiger partial charge is 0.119 e. The number of hydrogen-bond donors (Lipinski definition) is 1. The molecule has 1 atom stereocenters. The summed E-state index contributed by atoms with van der Waals surface area (Å²) in [5.74, 6) is 0.980. The van der Waals surface area contributed by atoms with E-state index >= 15 is 0 Å². The highest BCUT2D eigenvalue weighted by atomic mass is 16.5. The fraction of sp³-hybridized carbons (Fsp3) is 0.600. The van der Waals surface area contributed by atoms with Gasteiger partial charge in [0.2, 0.25) is 0 Å². The quantitative estimate of drug-likeness (QED) is 0.689. The van der Waals surface area contributed by atoms with Crippen LogP contribution in [0.4, 0.5) is 0 Å². The van der Waals surface area contributed by atoms with Crippen LogP contribution in [0.2, 0.25) is 0 Å². The summed E-state index contributed by atoms with van der Waals surface area (Å²) < 4.78 is 5.64. The second-order valence-corrected chi connectivity index (χ2v) is 4.45. The number of hydrogen-bond acceptors (Lipinski definition) is 2. The van der Waals surface area contributed by atoms with Crippen LogP contribution >= 0.6 is 0 Å². The lowest BCUT2D eigenvalue weighted by Crippen LogP contribution is -2.19. The predicted molar refractivity (Wildman–Crippen MR) is 73.6 cm³/mol. The molecule has 0 saturated heterocycles. The molecule has 0 saturated carbocycles. The van der Waals surface area contributed by atoms with Crippen LogP contribution in [0.1, 0.15) is 51.6 Å². The van der Waals surface area contributed by atoms with Crippen molar-refractivity contribution in [2.75, 3.05) is 13.2 Å². The minimum absolute atomic E-state index is 0.395. The van der Waals surface area contributed by atoms with Crippen molar-refractivity contribution in [2.45, 2.75) is 46.1 Å². The van der Waals surface area contributed by atoms with Gasteiger partial charge in [-0.3, -0.25) is 0 Å².